The van der Waals surface area contributed by atoms with E-state index in [4.69, 9.17) is 5.73 Å². The molecule has 1 heterocycles. The first-order chi connectivity index (χ1) is 9.70. The quantitative estimate of drug-likeness (QED) is 0.930. The third kappa shape index (κ3) is 2.95. The van der Waals surface area contributed by atoms with E-state index < -0.39 is 0 Å². The maximum atomic E-state index is 13.2. The molecule has 1 aliphatic rings. The van der Waals surface area contributed by atoms with Crippen LogP contribution in [0.3, 0.4) is 0 Å². The Hall–Kier alpha value is -1.97. The zero-order chi connectivity index (χ0) is 13.9. The van der Waals surface area contributed by atoms with Crippen LogP contribution in [0.2, 0.25) is 0 Å². The van der Waals surface area contributed by atoms with E-state index in [9.17, 15) is 4.39 Å². The highest BCUT2D eigenvalue weighted by Gasteiger charge is 2.19. The van der Waals surface area contributed by atoms with E-state index in [1.54, 1.807) is 6.07 Å². The molecule has 104 valence electrons. The molecule has 3 nitrogen and oxygen atoms in total. The third-order valence-electron chi connectivity index (χ3n) is 3.84. The van der Waals surface area contributed by atoms with E-state index in [2.05, 4.69) is 9.97 Å². The van der Waals surface area contributed by atoms with Gasteiger partial charge in [-0.1, -0.05) is 25.0 Å². The second-order valence-corrected chi connectivity index (χ2v) is 5.42. The molecule has 20 heavy (non-hydrogen) atoms. The molecule has 1 fully saturated rings. The predicted molar refractivity (Wildman–Crippen MR) is 76.9 cm³/mol. The van der Waals surface area contributed by atoms with E-state index in [0.29, 0.717) is 24.0 Å². The van der Waals surface area contributed by atoms with E-state index in [1.165, 1.54) is 37.8 Å². The number of nitrogens with zero attached hydrogens (tertiary/aromatic N) is 2. The summed E-state index contributed by atoms with van der Waals surface area (Å²) < 4.78 is 13.2. The van der Waals surface area contributed by atoms with Crippen LogP contribution in [0, 0.1) is 5.82 Å². The fourth-order valence-corrected chi connectivity index (χ4v) is 2.88. The first kappa shape index (κ1) is 13.0. The molecule has 4 heteroatoms. The summed E-state index contributed by atoms with van der Waals surface area (Å²) >= 11 is 0. The van der Waals surface area contributed by atoms with Gasteiger partial charge in [-0.2, -0.15) is 0 Å². The number of benzene rings is 1. The Morgan fingerprint density at radius 3 is 2.70 bits per heavy atom. The monoisotopic (exact) mass is 271 g/mol. The summed E-state index contributed by atoms with van der Waals surface area (Å²) in [6, 6.07) is 8.42. The van der Waals surface area contributed by atoms with Gasteiger partial charge in [-0.25, -0.2) is 14.4 Å². The van der Waals surface area contributed by atoms with Crippen LogP contribution < -0.4 is 5.73 Å². The molecule has 0 radical (unpaired) electrons. The molecule has 1 aliphatic carbocycles. The Labute approximate surface area is 118 Å². The van der Waals surface area contributed by atoms with E-state index >= 15 is 0 Å². The van der Waals surface area contributed by atoms with Crippen molar-refractivity contribution in [3.63, 3.8) is 0 Å². The summed E-state index contributed by atoms with van der Waals surface area (Å²) in [6.07, 6.45) is 5.38. The molecule has 1 saturated carbocycles. The summed E-state index contributed by atoms with van der Waals surface area (Å²) in [6.45, 7) is 0. The van der Waals surface area contributed by atoms with Crippen molar-refractivity contribution in [1.82, 2.24) is 9.97 Å². The summed E-state index contributed by atoms with van der Waals surface area (Å²) in [5.41, 5.74) is 7.80. The van der Waals surface area contributed by atoms with Crippen molar-refractivity contribution in [3.05, 3.63) is 53.2 Å². The molecule has 1 aromatic heterocycles. The molecule has 2 N–H and O–H groups in total. The molecule has 0 saturated heterocycles. The Balaban J connectivity index is 1.85. The van der Waals surface area contributed by atoms with Crippen molar-refractivity contribution in [3.8, 4) is 0 Å². The van der Waals surface area contributed by atoms with Gasteiger partial charge in [0.25, 0.3) is 0 Å². The number of nitrogen functional groups attached to an aromatic ring is 1. The second kappa shape index (κ2) is 5.57. The van der Waals surface area contributed by atoms with Gasteiger partial charge in [-0.3, -0.25) is 0 Å². The minimum Gasteiger partial charge on any atom is -0.384 e. The van der Waals surface area contributed by atoms with Gasteiger partial charge in [-0.05, 0) is 30.5 Å². The normalized spacial score (nSPS) is 15.7. The smallest absolute Gasteiger partial charge is 0.135 e. The number of aromatic nitrogens is 2. The minimum absolute atomic E-state index is 0.234. The zero-order valence-corrected chi connectivity index (χ0v) is 11.3. The summed E-state index contributed by atoms with van der Waals surface area (Å²) in [7, 11) is 0. The topological polar surface area (TPSA) is 51.8 Å². The molecule has 0 aliphatic heterocycles. The first-order valence-corrected chi connectivity index (χ1v) is 7.08. The molecule has 0 atom stereocenters. The lowest BCUT2D eigenvalue weighted by Gasteiger charge is -2.11. The molecule has 1 aromatic carbocycles. The maximum Gasteiger partial charge on any atom is 0.135 e. The average molecular weight is 271 g/mol. The lowest BCUT2D eigenvalue weighted by Crippen LogP contribution is -2.06. The van der Waals surface area contributed by atoms with Crippen LogP contribution in [-0.4, -0.2) is 9.97 Å². The highest BCUT2D eigenvalue weighted by molar-refractivity contribution is 5.33. The second-order valence-electron chi connectivity index (χ2n) is 5.42. The standard InChI is InChI=1S/C16H18FN3/c17-13-7-3-4-11(8-13)9-16-19-14(10-15(18)20-16)12-5-1-2-6-12/h3-4,7-8,10,12H,1-2,5-6,9H2,(H2,18,19,20). The molecule has 0 spiro atoms. The molecule has 0 unspecified atom stereocenters. The molecule has 3 rings (SSSR count). The van der Waals surface area contributed by atoms with Crippen LogP contribution in [0.1, 0.15) is 48.7 Å². The number of nitrogens with two attached hydrogens (primary N) is 1. The highest BCUT2D eigenvalue weighted by Crippen LogP contribution is 2.33. The van der Waals surface area contributed by atoms with Gasteiger partial charge in [0.15, 0.2) is 0 Å². The van der Waals surface area contributed by atoms with Gasteiger partial charge in [0.05, 0.1) is 0 Å². The molecular formula is C16H18FN3. The Bertz CT molecular complexity index is 606. The minimum atomic E-state index is -0.234. The maximum absolute atomic E-state index is 13.2. The van der Waals surface area contributed by atoms with Crippen LogP contribution in [0.5, 0.6) is 0 Å². The van der Waals surface area contributed by atoms with Gasteiger partial charge in [0.1, 0.15) is 17.5 Å². The Morgan fingerprint density at radius 1 is 1.15 bits per heavy atom. The Morgan fingerprint density at radius 2 is 1.95 bits per heavy atom. The molecule has 2 aromatic rings. The van der Waals surface area contributed by atoms with Gasteiger partial charge in [-0.15, -0.1) is 0 Å². The van der Waals surface area contributed by atoms with Gasteiger partial charge >= 0.3 is 0 Å². The zero-order valence-electron chi connectivity index (χ0n) is 11.3. The highest BCUT2D eigenvalue weighted by atomic mass is 19.1. The van der Waals surface area contributed by atoms with E-state index in [0.717, 1.165) is 11.3 Å². The van der Waals surface area contributed by atoms with E-state index in [1.807, 2.05) is 12.1 Å². The van der Waals surface area contributed by atoms with Crippen molar-refractivity contribution in [2.45, 2.75) is 38.0 Å². The summed E-state index contributed by atoms with van der Waals surface area (Å²) in [4.78, 5) is 8.90. The van der Waals surface area contributed by atoms with Crippen LogP contribution >= 0.6 is 0 Å². The third-order valence-corrected chi connectivity index (χ3v) is 3.84. The van der Waals surface area contributed by atoms with Crippen LogP contribution in [0.15, 0.2) is 30.3 Å². The van der Waals surface area contributed by atoms with E-state index in [-0.39, 0.29) is 5.82 Å². The molecule has 0 bridgehead atoms. The van der Waals surface area contributed by atoms with Crippen molar-refractivity contribution in [1.29, 1.82) is 0 Å². The lowest BCUT2D eigenvalue weighted by molar-refractivity contribution is 0.625. The van der Waals surface area contributed by atoms with Crippen molar-refractivity contribution in [2.75, 3.05) is 5.73 Å². The van der Waals surface area contributed by atoms with Crippen molar-refractivity contribution < 1.29 is 4.39 Å². The average Bonchev–Trinajstić information content (AvgIpc) is 2.91. The van der Waals surface area contributed by atoms with Gasteiger partial charge < -0.3 is 5.73 Å². The van der Waals surface area contributed by atoms with Gasteiger partial charge in [0.2, 0.25) is 0 Å². The molecule has 0 amide bonds. The number of halogens is 1. The number of hydrogen-bond donors (Lipinski definition) is 1. The first-order valence-electron chi connectivity index (χ1n) is 7.08. The molecular weight excluding hydrogens is 253 g/mol. The fourth-order valence-electron chi connectivity index (χ4n) is 2.88. The Kier molecular flexibility index (Phi) is 3.63. The SMILES string of the molecule is Nc1cc(C2CCCC2)nc(Cc2cccc(F)c2)n1. The van der Waals surface area contributed by atoms with Crippen LogP contribution in [-0.2, 0) is 6.42 Å². The summed E-state index contributed by atoms with van der Waals surface area (Å²) in [5, 5.41) is 0. The fraction of sp³-hybridized carbons (Fsp3) is 0.375. The van der Waals surface area contributed by atoms with Gasteiger partial charge in [0, 0.05) is 24.1 Å². The summed E-state index contributed by atoms with van der Waals surface area (Å²) in [5.74, 6) is 1.46. The number of hydrogen-bond acceptors (Lipinski definition) is 3. The van der Waals surface area contributed by atoms with Crippen molar-refractivity contribution in [2.24, 2.45) is 0 Å². The van der Waals surface area contributed by atoms with Crippen LogP contribution in [0.25, 0.3) is 0 Å². The largest absolute Gasteiger partial charge is 0.384 e. The number of rotatable bonds is 3. The van der Waals surface area contributed by atoms with Crippen molar-refractivity contribution >= 4 is 5.82 Å². The van der Waals surface area contributed by atoms with Crippen LogP contribution in [0.4, 0.5) is 10.2 Å². The number of anilines is 1. The predicted octanol–water partition coefficient (Wildman–Crippen LogP) is 3.45. The lowest BCUT2D eigenvalue weighted by atomic mass is 10.0.